The van der Waals surface area contributed by atoms with Crippen LogP contribution in [0.1, 0.15) is 2.85 Å². The van der Waals surface area contributed by atoms with E-state index in [0.717, 1.165) is 0 Å². The molecule has 0 saturated carbocycles. The predicted molar refractivity (Wildman–Crippen MR) is 28.6 cm³/mol. The molecule has 3 nitrogen and oxygen atoms in total. The van der Waals surface area contributed by atoms with Crippen molar-refractivity contribution in [1.29, 1.82) is 0 Å². The quantitative estimate of drug-likeness (QED) is 0.174. The summed E-state index contributed by atoms with van der Waals surface area (Å²) in [6.07, 6.45) is 0. The molecule has 5 heavy (non-hydrogen) atoms. The maximum atomic E-state index is 4.56. The van der Waals surface area contributed by atoms with Gasteiger partial charge in [0.05, 0.1) is 0 Å². The first-order valence-electron chi connectivity index (χ1n) is 0.577. The SMILES string of the molecule is NNP.O.[Ca+2].[H-].[H-]. The molecule has 5 heteroatoms. The van der Waals surface area contributed by atoms with E-state index in [2.05, 4.69) is 20.4 Å². The van der Waals surface area contributed by atoms with Crippen LogP contribution in [0.2, 0.25) is 0 Å². The third kappa shape index (κ3) is 28.8. The minimum Gasteiger partial charge on any atom is -1.00 e. The van der Waals surface area contributed by atoms with Crippen molar-refractivity contribution in [2.75, 3.05) is 0 Å². The summed E-state index contributed by atoms with van der Waals surface area (Å²) in [5, 5.41) is 2.17. The Hall–Kier alpha value is 1.57. The van der Waals surface area contributed by atoms with E-state index in [1.54, 1.807) is 0 Å². The molecule has 0 radical (unpaired) electrons. The third-order valence-corrected chi connectivity index (χ3v) is 0. The van der Waals surface area contributed by atoms with Gasteiger partial charge < -0.3 is 8.33 Å². The fraction of sp³-hybridized carbons (Fsp3) is 0. The molecular weight excluding hydrogens is 115 g/mol. The van der Waals surface area contributed by atoms with E-state index in [4.69, 9.17) is 0 Å². The summed E-state index contributed by atoms with van der Waals surface area (Å²) in [5.41, 5.74) is 0. The fourth-order valence-corrected chi connectivity index (χ4v) is 0. The Kier molecular flexibility index (Phi) is 56.3. The van der Waals surface area contributed by atoms with E-state index in [1.807, 2.05) is 0 Å². The largest absolute Gasteiger partial charge is 2.00 e. The average Bonchev–Trinajstić information content (AvgIpc) is 0.918. The summed E-state index contributed by atoms with van der Waals surface area (Å²) in [4.78, 5) is 0. The van der Waals surface area contributed by atoms with Crippen molar-refractivity contribution in [3.8, 4) is 0 Å². The van der Waals surface area contributed by atoms with Gasteiger partial charge in [-0.3, -0.25) is 5.84 Å². The van der Waals surface area contributed by atoms with Gasteiger partial charge in [-0.25, -0.2) is 5.20 Å². The number of hydrogen-bond acceptors (Lipinski definition) is 2. The normalized spacial score (nSPS) is 3.60. The van der Waals surface area contributed by atoms with Gasteiger partial charge in [0.2, 0.25) is 0 Å². The molecule has 32 valence electrons. The van der Waals surface area contributed by atoms with Crippen molar-refractivity contribution in [1.82, 2.24) is 5.20 Å². The van der Waals surface area contributed by atoms with Gasteiger partial charge in [0.15, 0.2) is 0 Å². The summed E-state index contributed by atoms with van der Waals surface area (Å²) in [6, 6.07) is 0. The molecule has 0 aromatic carbocycles. The molecule has 0 saturated heterocycles. The van der Waals surface area contributed by atoms with Crippen molar-refractivity contribution in [3.05, 3.63) is 0 Å². The van der Waals surface area contributed by atoms with Crippen LogP contribution in [0.5, 0.6) is 0 Å². The van der Waals surface area contributed by atoms with Crippen LogP contribution >= 0.6 is 9.39 Å². The molecule has 0 aliphatic rings. The second-order valence-corrected chi connectivity index (χ2v) is 0.500. The Morgan fingerprint density at radius 2 is 1.80 bits per heavy atom. The zero-order chi connectivity index (χ0) is 2.71. The molecule has 1 unspecified atom stereocenters. The fourth-order valence-electron chi connectivity index (χ4n) is 0. The van der Waals surface area contributed by atoms with E-state index >= 15 is 0 Å². The molecule has 0 aliphatic carbocycles. The van der Waals surface area contributed by atoms with Gasteiger partial charge in [-0.15, -0.1) is 0 Å². The van der Waals surface area contributed by atoms with Gasteiger partial charge >= 0.3 is 37.7 Å². The molecule has 0 heterocycles. The van der Waals surface area contributed by atoms with Crippen LogP contribution in [0, 0.1) is 0 Å². The second kappa shape index (κ2) is 17.6. The van der Waals surface area contributed by atoms with Crippen molar-refractivity contribution < 1.29 is 8.33 Å². The number of nitrogens with two attached hydrogens (primary N) is 1. The number of rotatable bonds is 0. The van der Waals surface area contributed by atoms with Crippen LogP contribution in [0.3, 0.4) is 0 Å². The Balaban J connectivity index is -0.00000000333. The van der Waals surface area contributed by atoms with Crippen molar-refractivity contribution in [2.45, 2.75) is 0 Å². The Bertz CT molecular complexity index is 15.7. The molecule has 0 bridgehead atoms. The van der Waals surface area contributed by atoms with Gasteiger partial charge in [0.1, 0.15) is 0 Å². The zero-order valence-electron chi connectivity index (χ0n) is 4.86. The van der Waals surface area contributed by atoms with Crippen LogP contribution in [-0.4, -0.2) is 43.2 Å². The van der Waals surface area contributed by atoms with E-state index in [1.165, 1.54) is 0 Å². The van der Waals surface area contributed by atoms with E-state index in [0.29, 0.717) is 0 Å². The van der Waals surface area contributed by atoms with Crippen molar-refractivity contribution in [2.24, 2.45) is 5.84 Å². The molecule has 0 aliphatic heterocycles. The molecule has 0 aromatic heterocycles. The monoisotopic (exact) mass is 124 g/mol. The van der Waals surface area contributed by atoms with E-state index in [-0.39, 0.29) is 46.1 Å². The molecule has 0 spiro atoms. The molecule has 0 fully saturated rings. The van der Waals surface area contributed by atoms with Gasteiger partial charge in [-0.05, 0) is 0 Å². The molecule has 5 N–H and O–H groups in total. The third-order valence-electron chi connectivity index (χ3n) is 0. The van der Waals surface area contributed by atoms with Gasteiger partial charge in [-0.1, -0.05) is 9.39 Å². The van der Waals surface area contributed by atoms with Crippen LogP contribution in [0.15, 0.2) is 0 Å². The minimum absolute atomic E-state index is 0. The van der Waals surface area contributed by atoms with E-state index in [9.17, 15) is 0 Å². The molecule has 0 amide bonds. The van der Waals surface area contributed by atoms with Crippen LogP contribution in [0.25, 0.3) is 0 Å². The molecular formula is H9CaN2OP. The van der Waals surface area contributed by atoms with Crippen molar-refractivity contribution >= 4 is 47.1 Å². The Morgan fingerprint density at radius 3 is 1.80 bits per heavy atom. The summed E-state index contributed by atoms with van der Waals surface area (Å²) < 4.78 is 0. The molecule has 0 rings (SSSR count). The summed E-state index contributed by atoms with van der Waals surface area (Å²) in [6.45, 7) is 0. The second-order valence-electron chi connectivity index (χ2n) is 0.167. The number of nitrogens with one attached hydrogen (secondary N) is 1. The van der Waals surface area contributed by atoms with Gasteiger partial charge in [0.25, 0.3) is 0 Å². The van der Waals surface area contributed by atoms with E-state index < -0.39 is 0 Å². The zero-order valence-corrected chi connectivity index (χ0v) is 6.22. The Morgan fingerprint density at radius 1 is 1.80 bits per heavy atom. The van der Waals surface area contributed by atoms with Crippen LogP contribution < -0.4 is 11.0 Å². The number of hydrazine groups is 1. The summed E-state index contributed by atoms with van der Waals surface area (Å²) in [7, 11) is 2.11. The van der Waals surface area contributed by atoms with Crippen LogP contribution in [0.4, 0.5) is 0 Å². The molecule has 1 atom stereocenters. The summed E-state index contributed by atoms with van der Waals surface area (Å²) >= 11 is 0. The number of hydrogen-bond donors (Lipinski definition) is 2. The molecule has 0 aromatic rings. The topological polar surface area (TPSA) is 69.5 Å². The first-order chi connectivity index (χ1) is 1.41. The maximum Gasteiger partial charge on any atom is 2.00 e. The van der Waals surface area contributed by atoms with Crippen molar-refractivity contribution in [3.63, 3.8) is 0 Å². The first-order valence-corrected chi connectivity index (χ1v) is 1.15. The van der Waals surface area contributed by atoms with Crippen LogP contribution in [-0.2, 0) is 0 Å². The first kappa shape index (κ1) is 16.0. The minimum atomic E-state index is 0. The Labute approximate surface area is 66.2 Å². The summed E-state index contributed by atoms with van der Waals surface area (Å²) in [5.74, 6) is 4.56. The average molecular weight is 124 g/mol. The maximum absolute atomic E-state index is 4.56. The standard InChI is InChI=1S/Ca.H5N2P.H2O.2H/c;1-2-3;;;/h;2H,1,3H2;1H2;;/q+2;;;2*-1. The smallest absolute Gasteiger partial charge is 1.00 e. The predicted octanol–water partition coefficient (Wildman–Crippen LogP) is -1.74. The van der Waals surface area contributed by atoms with Gasteiger partial charge in [0, 0.05) is 0 Å². The van der Waals surface area contributed by atoms with Gasteiger partial charge in [-0.2, -0.15) is 0 Å².